The first-order chi connectivity index (χ1) is 13.3. The lowest BCUT2D eigenvalue weighted by Gasteiger charge is -2.37. The van der Waals surface area contributed by atoms with Crippen molar-refractivity contribution in [2.75, 3.05) is 13.7 Å². The molecule has 3 atom stereocenters. The Labute approximate surface area is 168 Å². The minimum atomic E-state index is -0.865. The van der Waals surface area contributed by atoms with Gasteiger partial charge in [-0.2, -0.15) is 0 Å². The molecule has 0 saturated carbocycles. The zero-order chi connectivity index (χ0) is 20.6. The fourth-order valence-corrected chi connectivity index (χ4v) is 5.05. The molecule has 28 heavy (non-hydrogen) atoms. The van der Waals surface area contributed by atoms with Crippen LogP contribution in [0.4, 0.5) is 0 Å². The third-order valence-electron chi connectivity index (χ3n) is 5.28. The number of nitrogens with one attached hydrogen (secondary N) is 1. The number of ether oxygens (including phenoxy) is 2. The van der Waals surface area contributed by atoms with Crippen molar-refractivity contribution >= 4 is 29.1 Å². The van der Waals surface area contributed by atoms with E-state index in [2.05, 4.69) is 5.32 Å². The lowest BCUT2D eigenvalue weighted by Crippen LogP contribution is -2.43. The lowest BCUT2D eigenvalue weighted by molar-refractivity contribution is -0.151. The zero-order valence-electron chi connectivity index (χ0n) is 16.8. The van der Waals surface area contributed by atoms with Crippen LogP contribution in [0, 0.1) is 18.8 Å². The van der Waals surface area contributed by atoms with Crippen molar-refractivity contribution in [3.05, 3.63) is 44.4 Å². The predicted octanol–water partition coefficient (Wildman–Crippen LogP) is 3.23. The Morgan fingerprint density at radius 3 is 2.57 bits per heavy atom. The van der Waals surface area contributed by atoms with Gasteiger partial charge in [0.2, 0.25) is 0 Å². The van der Waals surface area contributed by atoms with Crippen molar-refractivity contribution < 1.29 is 23.9 Å². The number of aryl methyl sites for hydroxylation is 1. The second-order valence-corrected chi connectivity index (χ2v) is 8.52. The molecule has 0 amide bonds. The summed E-state index contributed by atoms with van der Waals surface area (Å²) >= 11 is 1.54. The summed E-state index contributed by atoms with van der Waals surface area (Å²) in [5.74, 6) is -2.85. The van der Waals surface area contributed by atoms with E-state index in [4.69, 9.17) is 9.47 Å². The van der Waals surface area contributed by atoms with E-state index in [9.17, 15) is 14.4 Å². The number of allylic oxidation sites excluding steroid dienone is 3. The van der Waals surface area contributed by atoms with Gasteiger partial charge in [0.05, 0.1) is 25.2 Å². The molecule has 0 bridgehead atoms. The van der Waals surface area contributed by atoms with Crippen molar-refractivity contribution in [3.63, 3.8) is 0 Å². The molecular weight excluding hydrogens is 378 g/mol. The SMILES string of the molecule is CCOC(=O)C1=C(C)NC2=C(C(=O)[C@H](C(=O)OC)[C@H](C)C2)[C@@H]1c1ccc(C)s1. The molecule has 3 rings (SSSR count). The van der Waals surface area contributed by atoms with Crippen molar-refractivity contribution in [1.29, 1.82) is 0 Å². The molecule has 0 fully saturated rings. The maximum absolute atomic E-state index is 13.4. The van der Waals surface area contributed by atoms with Gasteiger partial charge >= 0.3 is 11.9 Å². The molecule has 150 valence electrons. The van der Waals surface area contributed by atoms with Crippen LogP contribution >= 0.6 is 11.3 Å². The topological polar surface area (TPSA) is 81.7 Å². The Hall–Kier alpha value is -2.41. The quantitative estimate of drug-likeness (QED) is 0.614. The highest BCUT2D eigenvalue weighted by Gasteiger charge is 2.47. The van der Waals surface area contributed by atoms with Crippen molar-refractivity contribution in [2.45, 2.75) is 40.0 Å². The Bertz CT molecular complexity index is 894. The number of hydrogen-bond acceptors (Lipinski definition) is 7. The number of rotatable bonds is 4. The second kappa shape index (κ2) is 7.91. The predicted molar refractivity (Wildman–Crippen MR) is 106 cm³/mol. The molecule has 1 aliphatic carbocycles. The molecular formula is C21H25NO5S. The summed E-state index contributed by atoms with van der Waals surface area (Å²) < 4.78 is 10.2. The smallest absolute Gasteiger partial charge is 0.336 e. The molecule has 6 nitrogen and oxygen atoms in total. The molecule has 1 N–H and O–H groups in total. The summed E-state index contributed by atoms with van der Waals surface area (Å²) in [4.78, 5) is 40.5. The van der Waals surface area contributed by atoms with Crippen molar-refractivity contribution in [3.8, 4) is 0 Å². The molecule has 0 saturated heterocycles. The third-order valence-corrected chi connectivity index (χ3v) is 6.35. The van der Waals surface area contributed by atoms with Crippen LogP contribution in [0.25, 0.3) is 0 Å². The Kier molecular flexibility index (Phi) is 5.74. The third kappa shape index (κ3) is 3.39. The van der Waals surface area contributed by atoms with Gasteiger partial charge in [-0.15, -0.1) is 11.3 Å². The average Bonchev–Trinajstić information content (AvgIpc) is 3.06. The Morgan fingerprint density at radius 2 is 2.00 bits per heavy atom. The van der Waals surface area contributed by atoms with Crippen LogP contribution in [-0.4, -0.2) is 31.4 Å². The average molecular weight is 404 g/mol. The summed E-state index contributed by atoms with van der Waals surface area (Å²) in [6.07, 6.45) is 0.537. The fraction of sp³-hybridized carbons (Fsp3) is 0.476. The molecule has 0 aromatic carbocycles. The number of Topliss-reactive ketones (excluding diaryl/α,β-unsaturated/α-hetero) is 1. The molecule has 1 aromatic heterocycles. The van der Waals surface area contributed by atoms with Crippen molar-refractivity contribution in [1.82, 2.24) is 5.32 Å². The number of esters is 2. The highest BCUT2D eigenvalue weighted by molar-refractivity contribution is 7.12. The number of thiophene rings is 1. The molecule has 0 unspecified atom stereocenters. The zero-order valence-corrected chi connectivity index (χ0v) is 17.6. The standard InChI is InChI=1S/C21H25NO5S/c1-6-27-21(25)16-12(4)22-13-9-10(2)15(20(24)26-5)19(23)17(13)18(16)14-8-7-11(3)28-14/h7-8,10,15,18,22H,6,9H2,1-5H3/t10-,15-,18-/m1/s1. The molecule has 0 spiro atoms. The van der Waals surface area contributed by atoms with Gasteiger partial charge < -0.3 is 14.8 Å². The summed E-state index contributed by atoms with van der Waals surface area (Å²) in [6, 6.07) is 3.90. The maximum Gasteiger partial charge on any atom is 0.336 e. The largest absolute Gasteiger partial charge is 0.468 e. The van der Waals surface area contributed by atoms with Crippen LogP contribution in [0.1, 0.15) is 42.9 Å². The first kappa shape index (κ1) is 20.3. The normalized spacial score (nSPS) is 24.6. The Morgan fingerprint density at radius 1 is 1.29 bits per heavy atom. The molecule has 7 heteroatoms. The summed E-state index contributed by atoms with van der Waals surface area (Å²) in [6.45, 7) is 7.67. The highest BCUT2D eigenvalue weighted by atomic mass is 32.1. The number of hydrogen-bond donors (Lipinski definition) is 1. The van der Waals surface area contributed by atoms with E-state index in [0.29, 0.717) is 23.3 Å². The van der Waals surface area contributed by atoms with Crippen molar-refractivity contribution in [2.24, 2.45) is 11.8 Å². The minimum absolute atomic E-state index is 0.186. The van der Waals surface area contributed by atoms with Crippen LogP contribution in [0.3, 0.4) is 0 Å². The second-order valence-electron chi connectivity index (χ2n) is 7.20. The molecule has 2 aliphatic rings. The first-order valence-electron chi connectivity index (χ1n) is 9.36. The van der Waals surface area contributed by atoms with Gasteiger partial charge in [0.25, 0.3) is 0 Å². The van der Waals surface area contributed by atoms with Gasteiger partial charge in [-0.3, -0.25) is 9.59 Å². The van der Waals surface area contributed by atoms with Crippen LogP contribution in [-0.2, 0) is 23.9 Å². The van der Waals surface area contributed by atoms with Crippen LogP contribution in [0.2, 0.25) is 0 Å². The Balaban J connectivity index is 2.16. The van der Waals surface area contributed by atoms with Gasteiger partial charge in [-0.1, -0.05) is 6.92 Å². The summed E-state index contributed by atoms with van der Waals surface area (Å²) in [7, 11) is 1.29. The maximum atomic E-state index is 13.4. The first-order valence-corrected chi connectivity index (χ1v) is 10.2. The van der Waals surface area contributed by atoms with Gasteiger partial charge in [0.1, 0.15) is 5.92 Å². The van der Waals surface area contributed by atoms with Gasteiger partial charge in [-0.05, 0) is 45.2 Å². The van der Waals surface area contributed by atoms with E-state index in [1.165, 1.54) is 18.4 Å². The van der Waals surface area contributed by atoms with Gasteiger partial charge in [-0.25, -0.2) is 4.79 Å². The number of methoxy groups -OCH3 is 1. The fourth-order valence-electron chi connectivity index (χ4n) is 4.05. The molecule has 2 heterocycles. The minimum Gasteiger partial charge on any atom is -0.468 e. The lowest BCUT2D eigenvalue weighted by atomic mass is 9.70. The van der Waals surface area contributed by atoms with Crippen LogP contribution < -0.4 is 5.32 Å². The van der Waals surface area contributed by atoms with Crippen LogP contribution in [0.15, 0.2) is 34.7 Å². The summed E-state index contributed by atoms with van der Waals surface area (Å²) in [5, 5.41) is 3.24. The summed E-state index contributed by atoms with van der Waals surface area (Å²) in [5.41, 5.74) is 2.36. The van der Waals surface area contributed by atoms with E-state index in [1.54, 1.807) is 6.92 Å². The highest BCUT2D eigenvalue weighted by Crippen LogP contribution is 2.46. The monoisotopic (exact) mass is 403 g/mol. The van der Waals surface area contributed by atoms with E-state index in [-0.39, 0.29) is 18.3 Å². The molecule has 1 aliphatic heterocycles. The van der Waals surface area contributed by atoms with E-state index >= 15 is 0 Å². The van der Waals surface area contributed by atoms with E-state index in [1.807, 2.05) is 32.9 Å². The van der Waals surface area contributed by atoms with Gasteiger partial charge in [0.15, 0.2) is 5.78 Å². The number of carbonyl (C=O) groups is 3. The number of carbonyl (C=O) groups excluding carboxylic acids is 3. The molecule has 1 aromatic rings. The van der Waals surface area contributed by atoms with Gasteiger partial charge in [0, 0.05) is 26.7 Å². The van der Waals surface area contributed by atoms with Crippen LogP contribution in [0.5, 0.6) is 0 Å². The van der Waals surface area contributed by atoms with E-state index < -0.39 is 23.8 Å². The number of dihydropyridines is 1. The molecule has 0 radical (unpaired) electrons. The number of ketones is 1. The van der Waals surface area contributed by atoms with E-state index in [0.717, 1.165) is 15.5 Å².